The summed E-state index contributed by atoms with van der Waals surface area (Å²) in [7, 11) is 0. The lowest BCUT2D eigenvalue weighted by atomic mass is 10.1. The van der Waals surface area contributed by atoms with Crippen molar-refractivity contribution in [2.75, 3.05) is 6.61 Å². The van der Waals surface area contributed by atoms with Crippen LogP contribution >= 0.6 is 0 Å². The Morgan fingerprint density at radius 1 is 0.971 bits per heavy atom. The third-order valence-corrected chi connectivity index (χ3v) is 4.99. The molecule has 0 aliphatic heterocycles. The average molecular weight is 455 g/mol. The first kappa shape index (κ1) is 22.7. The Labute approximate surface area is 195 Å². The summed E-state index contributed by atoms with van der Waals surface area (Å²) in [5, 5.41) is 5.25. The van der Waals surface area contributed by atoms with Crippen LogP contribution in [0.15, 0.2) is 78.2 Å². The molecule has 2 amide bonds. The number of nitroso groups, excluding NO2 is 1. The number of fused-ring (bicyclic) bond motifs is 1. The van der Waals surface area contributed by atoms with Gasteiger partial charge >= 0.3 is 0 Å². The zero-order valence-electron chi connectivity index (χ0n) is 18.2. The van der Waals surface area contributed by atoms with E-state index in [1.165, 1.54) is 0 Å². The molecule has 0 bridgehead atoms. The van der Waals surface area contributed by atoms with Crippen molar-refractivity contribution in [1.29, 1.82) is 0 Å². The fourth-order valence-corrected chi connectivity index (χ4v) is 3.29. The Kier molecular flexibility index (Phi) is 7.24. The zero-order chi connectivity index (χ0) is 23.8. The molecule has 0 fully saturated rings. The smallest absolute Gasteiger partial charge is 0.286 e. The highest BCUT2D eigenvalue weighted by Crippen LogP contribution is 2.29. The van der Waals surface area contributed by atoms with Crippen LogP contribution in [0.4, 0.5) is 0 Å². The third-order valence-electron chi connectivity index (χ3n) is 4.99. The standard InChI is InChI=1S/C25H21N5O4/c31-22(30-33)9-5-13-34-25-23(18-7-2-1-3-8-18)28-20-11-10-19(14-21(20)29-25)24(32)27-16-17-6-4-12-26-15-17/h1-4,6-8,10-12,14-15H,5,9,13,16H2,(H,27,32). The predicted molar refractivity (Wildman–Crippen MR) is 126 cm³/mol. The largest absolute Gasteiger partial charge is 0.476 e. The maximum absolute atomic E-state index is 12.7. The number of ether oxygens (including phenoxy) is 1. The van der Waals surface area contributed by atoms with Gasteiger partial charge in [0.15, 0.2) is 0 Å². The number of carbonyl (C=O) groups excluding carboxylic acids is 2. The van der Waals surface area contributed by atoms with Gasteiger partial charge in [-0.2, -0.15) is 0 Å². The number of hydrogen-bond donors (Lipinski definition) is 1. The second-order valence-corrected chi connectivity index (χ2v) is 7.43. The normalized spacial score (nSPS) is 10.6. The van der Waals surface area contributed by atoms with Crippen LogP contribution in [0.3, 0.4) is 0 Å². The van der Waals surface area contributed by atoms with Gasteiger partial charge < -0.3 is 10.1 Å². The molecule has 4 aromatic rings. The zero-order valence-corrected chi connectivity index (χ0v) is 18.2. The van der Waals surface area contributed by atoms with Gasteiger partial charge in [-0.25, -0.2) is 9.97 Å². The third kappa shape index (κ3) is 5.63. The summed E-state index contributed by atoms with van der Waals surface area (Å²) in [6.07, 6.45) is 3.68. The molecule has 170 valence electrons. The van der Waals surface area contributed by atoms with Crippen LogP contribution in [-0.4, -0.2) is 33.4 Å². The Morgan fingerprint density at radius 2 is 1.82 bits per heavy atom. The van der Waals surface area contributed by atoms with Gasteiger partial charge in [0, 0.05) is 41.7 Å². The Bertz CT molecular complexity index is 1310. The predicted octanol–water partition coefficient (Wildman–Crippen LogP) is 4.07. The summed E-state index contributed by atoms with van der Waals surface area (Å²) in [6, 6.07) is 18.2. The van der Waals surface area contributed by atoms with E-state index in [1.807, 2.05) is 42.5 Å². The van der Waals surface area contributed by atoms with Crippen molar-refractivity contribution in [3.8, 4) is 17.1 Å². The maximum atomic E-state index is 12.7. The van der Waals surface area contributed by atoms with Gasteiger partial charge in [-0.05, 0) is 36.2 Å². The molecule has 0 radical (unpaired) electrons. The monoisotopic (exact) mass is 455 g/mol. The maximum Gasteiger partial charge on any atom is 0.286 e. The lowest BCUT2D eigenvalue weighted by molar-refractivity contribution is -0.118. The lowest BCUT2D eigenvalue weighted by Gasteiger charge is -2.12. The molecular formula is C25H21N5O4. The van der Waals surface area contributed by atoms with E-state index < -0.39 is 5.91 Å². The molecule has 34 heavy (non-hydrogen) atoms. The second kappa shape index (κ2) is 10.9. The molecule has 2 aromatic heterocycles. The van der Waals surface area contributed by atoms with Crippen molar-refractivity contribution >= 4 is 22.8 Å². The van der Waals surface area contributed by atoms with Crippen LogP contribution in [0.1, 0.15) is 28.8 Å². The van der Waals surface area contributed by atoms with E-state index in [9.17, 15) is 14.5 Å². The fourth-order valence-electron chi connectivity index (χ4n) is 3.29. The minimum Gasteiger partial charge on any atom is -0.476 e. The number of carbonyl (C=O) groups is 2. The average Bonchev–Trinajstić information content (AvgIpc) is 2.89. The molecule has 0 unspecified atom stereocenters. The van der Waals surface area contributed by atoms with Crippen LogP contribution in [0.2, 0.25) is 0 Å². The Morgan fingerprint density at radius 3 is 2.59 bits per heavy atom. The van der Waals surface area contributed by atoms with Crippen molar-refractivity contribution in [1.82, 2.24) is 20.3 Å². The topological polar surface area (TPSA) is 124 Å². The van der Waals surface area contributed by atoms with E-state index in [2.05, 4.69) is 20.5 Å². The quantitative estimate of drug-likeness (QED) is 0.298. The summed E-state index contributed by atoms with van der Waals surface area (Å²) in [4.78, 5) is 47.4. The first-order valence-electron chi connectivity index (χ1n) is 10.7. The van der Waals surface area contributed by atoms with Gasteiger partial charge in [-0.1, -0.05) is 36.4 Å². The van der Waals surface area contributed by atoms with Gasteiger partial charge in [0.2, 0.25) is 5.88 Å². The molecule has 0 aliphatic carbocycles. The number of aromatic nitrogens is 3. The van der Waals surface area contributed by atoms with E-state index >= 15 is 0 Å². The van der Waals surface area contributed by atoms with Crippen molar-refractivity contribution < 1.29 is 14.3 Å². The van der Waals surface area contributed by atoms with Crippen LogP contribution in [0, 0.1) is 4.91 Å². The van der Waals surface area contributed by atoms with E-state index in [1.54, 1.807) is 30.6 Å². The summed E-state index contributed by atoms with van der Waals surface area (Å²) in [5.74, 6) is -0.696. The Balaban J connectivity index is 1.58. The van der Waals surface area contributed by atoms with Crippen molar-refractivity contribution in [2.45, 2.75) is 19.4 Å². The van der Waals surface area contributed by atoms with Crippen LogP contribution in [0.25, 0.3) is 22.3 Å². The molecule has 1 N–H and O–H groups in total. The van der Waals surface area contributed by atoms with Crippen LogP contribution in [0.5, 0.6) is 5.88 Å². The van der Waals surface area contributed by atoms with E-state index in [-0.39, 0.29) is 24.8 Å². The van der Waals surface area contributed by atoms with Crippen molar-refractivity contribution in [2.24, 2.45) is 5.18 Å². The van der Waals surface area contributed by atoms with E-state index in [0.29, 0.717) is 35.3 Å². The second-order valence-electron chi connectivity index (χ2n) is 7.43. The fraction of sp³-hybridized carbons (Fsp3) is 0.160. The SMILES string of the molecule is O=NC(=O)CCCOc1nc2cc(C(=O)NCc3cccnc3)ccc2nc1-c1ccccc1. The first-order chi connectivity index (χ1) is 16.6. The number of hydrogen-bond acceptors (Lipinski definition) is 7. The number of rotatable bonds is 9. The highest BCUT2D eigenvalue weighted by molar-refractivity contribution is 5.97. The van der Waals surface area contributed by atoms with Gasteiger partial charge in [0.05, 0.1) is 17.6 Å². The first-order valence-corrected chi connectivity index (χ1v) is 10.7. The number of nitrogens with one attached hydrogen (secondary N) is 1. The van der Waals surface area contributed by atoms with Gasteiger partial charge in [0.25, 0.3) is 11.8 Å². The highest BCUT2D eigenvalue weighted by Gasteiger charge is 2.15. The molecule has 9 nitrogen and oxygen atoms in total. The molecule has 9 heteroatoms. The molecular weight excluding hydrogens is 434 g/mol. The van der Waals surface area contributed by atoms with Crippen molar-refractivity contribution in [3.05, 3.63) is 89.1 Å². The molecule has 0 saturated heterocycles. The Hall–Kier alpha value is -4.53. The molecule has 0 aliphatic rings. The number of benzene rings is 2. The summed E-state index contributed by atoms with van der Waals surface area (Å²) >= 11 is 0. The van der Waals surface area contributed by atoms with Crippen molar-refractivity contribution in [3.63, 3.8) is 0 Å². The van der Waals surface area contributed by atoms with E-state index in [4.69, 9.17) is 9.72 Å². The number of nitrogens with zero attached hydrogens (tertiary/aromatic N) is 4. The number of pyridine rings is 1. The van der Waals surface area contributed by atoms with E-state index in [0.717, 1.165) is 11.1 Å². The van der Waals surface area contributed by atoms with Gasteiger partial charge in [0.1, 0.15) is 5.69 Å². The number of amides is 2. The highest BCUT2D eigenvalue weighted by atomic mass is 16.5. The molecule has 0 atom stereocenters. The summed E-state index contributed by atoms with van der Waals surface area (Å²) < 4.78 is 5.82. The van der Waals surface area contributed by atoms with Crippen LogP contribution in [-0.2, 0) is 11.3 Å². The summed E-state index contributed by atoms with van der Waals surface area (Å²) in [6.45, 7) is 0.513. The minimum absolute atomic E-state index is 0.00751. The molecule has 2 aromatic carbocycles. The molecule has 0 spiro atoms. The van der Waals surface area contributed by atoms with Crippen LogP contribution < -0.4 is 10.1 Å². The molecule has 2 heterocycles. The van der Waals surface area contributed by atoms with Gasteiger partial charge in [-0.3, -0.25) is 14.6 Å². The lowest BCUT2D eigenvalue weighted by Crippen LogP contribution is -2.22. The minimum atomic E-state index is -0.724. The molecule has 0 saturated carbocycles. The van der Waals surface area contributed by atoms with Gasteiger partial charge in [-0.15, -0.1) is 4.91 Å². The molecule has 4 rings (SSSR count). The summed E-state index contributed by atoms with van der Waals surface area (Å²) in [5.41, 5.74) is 3.79.